The van der Waals surface area contributed by atoms with Gasteiger partial charge in [-0.15, -0.1) is 0 Å². The Balaban J connectivity index is 1.42. The lowest BCUT2D eigenvalue weighted by Crippen LogP contribution is -2.40. The molecule has 0 unspecified atom stereocenters. The predicted molar refractivity (Wildman–Crippen MR) is 144 cm³/mol. The number of imidazole rings is 1. The fourth-order valence-electron chi connectivity index (χ4n) is 4.74. The lowest BCUT2D eigenvalue weighted by Gasteiger charge is -2.26. The van der Waals surface area contributed by atoms with Gasteiger partial charge in [-0.25, -0.2) is 4.98 Å². The molecular weight excluding hydrogens is 511 g/mol. The third kappa shape index (κ3) is 4.24. The minimum Gasteiger partial charge on any atom is -0.390 e. The van der Waals surface area contributed by atoms with Crippen LogP contribution in [0.4, 0.5) is 0 Å². The summed E-state index contributed by atoms with van der Waals surface area (Å²) in [5.74, 6) is 0.00729. The van der Waals surface area contributed by atoms with Gasteiger partial charge in [0.1, 0.15) is 5.65 Å². The zero-order valence-electron chi connectivity index (χ0n) is 19.7. The summed E-state index contributed by atoms with van der Waals surface area (Å²) in [5.41, 5.74) is 5.56. The number of pyridine rings is 2. The van der Waals surface area contributed by atoms with E-state index >= 15 is 0 Å². The van der Waals surface area contributed by atoms with Crippen LogP contribution in [0.5, 0.6) is 0 Å². The van der Waals surface area contributed by atoms with Crippen LogP contribution in [0.2, 0.25) is 10.0 Å². The number of aliphatic hydroxyl groups is 1. The predicted octanol–water partition coefficient (Wildman–Crippen LogP) is 5.49. The topological polar surface area (TPSA) is 80.0 Å². The number of carbonyl (C=O) groups is 1. The Morgan fingerprint density at radius 1 is 1.00 bits per heavy atom. The number of fused-ring (bicyclic) bond motifs is 3. The number of amides is 1. The summed E-state index contributed by atoms with van der Waals surface area (Å²) in [6, 6.07) is 16.7. The lowest BCUT2D eigenvalue weighted by atomic mass is 10.0. The SMILES string of the molecule is O=C(c1ccc(-c2cnc3ccn4c(CO)c(-c5c(Cl)cccc5Cl)nc4c3c2)cc1)N1CCOCC1. The molecule has 0 spiro atoms. The number of ether oxygens (including phenoxy) is 1. The van der Waals surface area contributed by atoms with E-state index in [1.807, 2.05) is 51.9 Å². The molecule has 1 N–H and O–H groups in total. The van der Waals surface area contributed by atoms with E-state index in [1.165, 1.54) is 0 Å². The van der Waals surface area contributed by atoms with E-state index in [9.17, 15) is 9.90 Å². The Morgan fingerprint density at radius 2 is 1.73 bits per heavy atom. The molecule has 4 heterocycles. The van der Waals surface area contributed by atoms with Crippen LogP contribution >= 0.6 is 23.2 Å². The molecule has 0 aliphatic carbocycles. The molecule has 7 nitrogen and oxygen atoms in total. The van der Waals surface area contributed by atoms with Crippen molar-refractivity contribution in [3.05, 3.63) is 88.3 Å². The summed E-state index contributed by atoms with van der Waals surface area (Å²) in [4.78, 5) is 24.1. The average molecular weight is 533 g/mol. The molecule has 0 radical (unpaired) electrons. The Hall–Kier alpha value is -3.49. The Bertz CT molecular complexity index is 1620. The molecule has 9 heteroatoms. The monoisotopic (exact) mass is 532 g/mol. The van der Waals surface area contributed by atoms with Crippen LogP contribution in [0, 0.1) is 0 Å². The summed E-state index contributed by atoms with van der Waals surface area (Å²) in [7, 11) is 0. The van der Waals surface area contributed by atoms with Gasteiger partial charge in [-0.3, -0.25) is 9.78 Å². The first-order chi connectivity index (χ1) is 18.0. The molecule has 3 aromatic heterocycles. The molecule has 0 atom stereocenters. The van der Waals surface area contributed by atoms with Gasteiger partial charge in [0.2, 0.25) is 0 Å². The van der Waals surface area contributed by atoms with Crippen molar-refractivity contribution < 1.29 is 14.6 Å². The number of hydrogen-bond donors (Lipinski definition) is 1. The second-order valence-corrected chi connectivity index (χ2v) is 9.62. The van der Waals surface area contributed by atoms with Gasteiger partial charge in [0, 0.05) is 47.6 Å². The number of aromatic nitrogens is 3. The summed E-state index contributed by atoms with van der Waals surface area (Å²) in [6.45, 7) is 2.10. The van der Waals surface area contributed by atoms with Gasteiger partial charge in [-0.1, -0.05) is 41.4 Å². The third-order valence-electron chi connectivity index (χ3n) is 6.66. The van der Waals surface area contributed by atoms with Crippen molar-refractivity contribution in [3.8, 4) is 22.4 Å². The molecule has 1 fully saturated rings. The van der Waals surface area contributed by atoms with Crippen molar-refractivity contribution in [1.82, 2.24) is 19.3 Å². The molecule has 1 aliphatic rings. The zero-order chi connectivity index (χ0) is 25.5. The van der Waals surface area contributed by atoms with E-state index in [0.29, 0.717) is 64.5 Å². The molecule has 0 saturated carbocycles. The standard InChI is InChI=1S/C28H22Cl2N4O3/c29-21-2-1-3-22(30)25(21)26-24(16-35)34-9-8-23-20(27(34)32-26)14-19(15-31-23)17-4-6-18(7-5-17)28(36)33-10-12-37-13-11-33/h1-9,14-15,35H,10-13,16H2. The van der Waals surface area contributed by atoms with Crippen LogP contribution in [0.15, 0.2) is 67.0 Å². The molecule has 0 bridgehead atoms. The molecule has 1 aliphatic heterocycles. The largest absolute Gasteiger partial charge is 0.390 e. The second kappa shape index (κ2) is 9.76. The minimum absolute atomic E-state index is 0.00729. The highest BCUT2D eigenvalue weighted by Gasteiger charge is 2.21. The van der Waals surface area contributed by atoms with Crippen LogP contribution in [0.3, 0.4) is 0 Å². The molecule has 37 heavy (non-hydrogen) atoms. The molecule has 1 saturated heterocycles. The number of hydrogen-bond acceptors (Lipinski definition) is 5. The normalized spacial score (nSPS) is 14.0. The summed E-state index contributed by atoms with van der Waals surface area (Å²) < 4.78 is 7.19. The highest BCUT2D eigenvalue weighted by atomic mass is 35.5. The van der Waals surface area contributed by atoms with Crippen molar-refractivity contribution in [1.29, 1.82) is 0 Å². The first-order valence-electron chi connectivity index (χ1n) is 11.9. The van der Waals surface area contributed by atoms with Gasteiger partial charge in [-0.05, 0) is 42.0 Å². The van der Waals surface area contributed by atoms with Gasteiger partial charge >= 0.3 is 0 Å². The van der Waals surface area contributed by atoms with Crippen LogP contribution in [0.1, 0.15) is 16.1 Å². The molecule has 2 aromatic carbocycles. The minimum atomic E-state index is -0.241. The van der Waals surface area contributed by atoms with Gasteiger partial charge < -0.3 is 19.1 Å². The van der Waals surface area contributed by atoms with E-state index in [2.05, 4.69) is 4.98 Å². The van der Waals surface area contributed by atoms with E-state index in [4.69, 9.17) is 32.9 Å². The van der Waals surface area contributed by atoms with Crippen LogP contribution < -0.4 is 0 Å². The van der Waals surface area contributed by atoms with Crippen LogP contribution in [-0.2, 0) is 11.3 Å². The molecule has 186 valence electrons. The first kappa shape index (κ1) is 23.9. The number of morpholine rings is 1. The van der Waals surface area contributed by atoms with E-state index in [1.54, 1.807) is 24.4 Å². The van der Waals surface area contributed by atoms with E-state index in [0.717, 1.165) is 22.0 Å². The van der Waals surface area contributed by atoms with Gasteiger partial charge in [0.05, 0.1) is 46.8 Å². The Morgan fingerprint density at radius 3 is 2.43 bits per heavy atom. The van der Waals surface area contributed by atoms with Gasteiger partial charge in [0.25, 0.3) is 5.91 Å². The average Bonchev–Trinajstić information content (AvgIpc) is 3.31. The summed E-state index contributed by atoms with van der Waals surface area (Å²) >= 11 is 12.9. The van der Waals surface area contributed by atoms with Crippen LogP contribution in [-0.4, -0.2) is 56.6 Å². The highest BCUT2D eigenvalue weighted by Crippen LogP contribution is 2.37. The Kier molecular flexibility index (Phi) is 6.30. The quantitative estimate of drug-likeness (QED) is 0.331. The van der Waals surface area contributed by atoms with E-state index in [-0.39, 0.29) is 12.5 Å². The molecule has 1 amide bonds. The van der Waals surface area contributed by atoms with Crippen molar-refractivity contribution >= 4 is 45.7 Å². The Labute approximate surface area is 222 Å². The lowest BCUT2D eigenvalue weighted by molar-refractivity contribution is 0.0303. The number of aliphatic hydroxyl groups excluding tert-OH is 1. The number of rotatable bonds is 4. The molecule has 5 aromatic rings. The summed E-state index contributed by atoms with van der Waals surface area (Å²) in [6.07, 6.45) is 3.64. The number of halogens is 2. The first-order valence-corrected chi connectivity index (χ1v) is 12.6. The van der Waals surface area contributed by atoms with Crippen molar-refractivity contribution in [2.75, 3.05) is 26.3 Å². The maximum absolute atomic E-state index is 12.8. The number of benzene rings is 2. The van der Waals surface area contributed by atoms with Crippen molar-refractivity contribution in [2.24, 2.45) is 0 Å². The maximum Gasteiger partial charge on any atom is 0.254 e. The number of carbonyl (C=O) groups excluding carboxylic acids is 1. The fourth-order valence-corrected chi connectivity index (χ4v) is 5.31. The summed E-state index contributed by atoms with van der Waals surface area (Å²) in [5, 5.41) is 12.0. The van der Waals surface area contributed by atoms with Crippen LogP contribution in [0.25, 0.3) is 38.9 Å². The van der Waals surface area contributed by atoms with Crippen molar-refractivity contribution in [3.63, 3.8) is 0 Å². The zero-order valence-corrected chi connectivity index (χ0v) is 21.2. The van der Waals surface area contributed by atoms with E-state index < -0.39 is 0 Å². The maximum atomic E-state index is 12.8. The van der Waals surface area contributed by atoms with Gasteiger partial charge in [-0.2, -0.15) is 0 Å². The molecule has 6 rings (SSSR count). The third-order valence-corrected chi connectivity index (χ3v) is 7.29. The van der Waals surface area contributed by atoms with Gasteiger partial charge in [0.15, 0.2) is 0 Å². The fraction of sp³-hybridized carbons (Fsp3) is 0.179. The molecular formula is C28H22Cl2N4O3. The highest BCUT2D eigenvalue weighted by molar-refractivity contribution is 6.39. The van der Waals surface area contributed by atoms with Crippen molar-refractivity contribution in [2.45, 2.75) is 6.61 Å². The smallest absolute Gasteiger partial charge is 0.254 e. The number of nitrogens with zero attached hydrogens (tertiary/aromatic N) is 4. The second-order valence-electron chi connectivity index (χ2n) is 8.81.